The zero-order chi connectivity index (χ0) is 10.1. The smallest absolute Gasteiger partial charge is 0.274 e. The highest BCUT2D eigenvalue weighted by Crippen LogP contribution is 2.15. The number of halogens is 1. The molecule has 0 saturated heterocycles. The number of nitrogens with one attached hydrogen (secondary N) is 2. The predicted molar refractivity (Wildman–Crippen MR) is 59.3 cm³/mol. The van der Waals surface area contributed by atoms with Crippen LogP contribution >= 0.6 is 12.4 Å². The van der Waals surface area contributed by atoms with E-state index in [-0.39, 0.29) is 18.3 Å². The molecule has 0 fully saturated rings. The molecule has 6 heteroatoms. The first-order valence-corrected chi connectivity index (χ1v) is 4.68. The number of nitrogens with zero attached hydrogens (tertiary/aromatic N) is 2. The third kappa shape index (κ3) is 2.13. The number of hydrogen-bond acceptors (Lipinski definition) is 3. The third-order valence-electron chi connectivity index (χ3n) is 2.42. The van der Waals surface area contributed by atoms with Crippen LogP contribution in [-0.2, 0) is 13.0 Å². The van der Waals surface area contributed by atoms with Crippen molar-refractivity contribution in [2.45, 2.75) is 13.0 Å². The minimum atomic E-state index is -0.0359. The van der Waals surface area contributed by atoms with Crippen LogP contribution in [0.15, 0.2) is 0 Å². The number of fused-ring (bicyclic) bond motifs is 1. The van der Waals surface area contributed by atoms with E-state index >= 15 is 0 Å². The van der Waals surface area contributed by atoms with Crippen molar-refractivity contribution in [3.63, 3.8) is 0 Å². The SMILES string of the molecule is CN(C)C(=O)c1n[nH]c2c1CNCC2.Cl. The monoisotopic (exact) mass is 230 g/mol. The molecule has 2 heterocycles. The van der Waals surface area contributed by atoms with Crippen LogP contribution in [0.25, 0.3) is 0 Å². The second kappa shape index (κ2) is 4.63. The van der Waals surface area contributed by atoms with Gasteiger partial charge in [-0.05, 0) is 0 Å². The van der Waals surface area contributed by atoms with Gasteiger partial charge in [0.2, 0.25) is 0 Å². The van der Waals surface area contributed by atoms with Gasteiger partial charge in [0, 0.05) is 44.9 Å². The Bertz CT molecular complexity index is 361. The van der Waals surface area contributed by atoms with Gasteiger partial charge in [0.05, 0.1) is 0 Å². The van der Waals surface area contributed by atoms with Gasteiger partial charge >= 0.3 is 0 Å². The summed E-state index contributed by atoms with van der Waals surface area (Å²) in [6.45, 7) is 1.69. The van der Waals surface area contributed by atoms with Gasteiger partial charge in [0.25, 0.3) is 5.91 Å². The molecule has 1 aliphatic rings. The molecule has 5 nitrogen and oxygen atoms in total. The summed E-state index contributed by atoms with van der Waals surface area (Å²) >= 11 is 0. The van der Waals surface area contributed by atoms with E-state index in [9.17, 15) is 4.79 Å². The summed E-state index contributed by atoms with van der Waals surface area (Å²) in [5, 5.41) is 10.2. The Labute approximate surface area is 94.6 Å². The van der Waals surface area contributed by atoms with Crippen molar-refractivity contribution in [2.24, 2.45) is 0 Å². The Balaban J connectivity index is 0.00000112. The van der Waals surface area contributed by atoms with E-state index in [0.29, 0.717) is 5.69 Å². The van der Waals surface area contributed by atoms with E-state index in [0.717, 1.165) is 30.8 Å². The molecule has 1 aromatic rings. The highest BCUT2D eigenvalue weighted by Gasteiger charge is 2.22. The second-order valence-electron chi connectivity index (χ2n) is 3.66. The largest absolute Gasteiger partial charge is 0.343 e. The van der Waals surface area contributed by atoms with Gasteiger partial charge in [-0.3, -0.25) is 9.89 Å². The van der Waals surface area contributed by atoms with Crippen molar-refractivity contribution in [3.8, 4) is 0 Å². The van der Waals surface area contributed by atoms with E-state index in [1.165, 1.54) is 0 Å². The zero-order valence-electron chi connectivity index (χ0n) is 8.83. The fraction of sp³-hybridized carbons (Fsp3) is 0.556. The molecule has 0 saturated carbocycles. The lowest BCUT2D eigenvalue weighted by atomic mass is 10.1. The highest BCUT2D eigenvalue weighted by molar-refractivity contribution is 5.93. The molecular weight excluding hydrogens is 216 g/mol. The molecule has 1 aromatic heterocycles. The topological polar surface area (TPSA) is 61.0 Å². The Morgan fingerprint density at radius 2 is 2.20 bits per heavy atom. The number of aromatic amines is 1. The van der Waals surface area contributed by atoms with Crippen LogP contribution in [0.3, 0.4) is 0 Å². The van der Waals surface area contributed by atoms with Gasteiger partial charge in [-0.2, -0.15) is 5.10 Å². The number of carbonyl (C=O) groups excluding carboxylic acids is 1. The fourth-order valence-electron chi connectivity index (χ4n) is 1.61. The summed E-state index contributed by atoms with van der Waals surface area (Å²) in [5.74, 6) is -0.0359. The van der Waals surface area contributed by atoms with Crippen molar-refractivity contribution < 1.29 is 4.79 Å². The normalized spacial score (nSPS) is 14.0. The van der Waals surface area contributed by atoms with Gasteiger partial charge in [-0.1, -0.05) is 0 Å². The molecule has 2 rings (SSSR count). The quantitative estimate of drug-likeness (QED) is 0.724. The van der Waals surface area contributed by atoms with E-state index in [1.54, 1.807) is 19.0 Å². The summed E-state index contributed by atoms with van der Waals surface area (Å²) in [6.07, 6.45) is 0.920. The summed E-state index contributed by atoms with van der Waals surface area (Å²) in [7, 11) is 3.47. The molecule has 84 valence electrons. The van der Waals surface area contributed by atoms with Crippen LogP contribution in [0.2, 0.25) is 0 Å². The minimum Gasteiger partial charge on any atom is -0.343 e. The molecule has 1 aliphatic heterocycles. The second-order valence-corrected chi connectivity index (χ2v) is 3.66. The Morgan fingerprint density at radius 3 is 2.87 bits per heavy atom. The first-order chi connectivity index (χ1) is 6.70. The lowest BCUT2D eigenvalue weighted by Crippen LogP contribution is -2.27. The number of amides is 1. The average Bonchev–Trinajstić information content (AvgIpc) is 2.60. The van der Waals surface area contributed by atoms with Crippen LogP contribution in [0.1, 0.15) is 21.7 Å². The molecule has 0 spiro atoms. The van der Waals surface area contributed by atoms with E-state index < -0.39 is 0 Å². The van der Waals surface area contributed by atoms with Gasteiger partial charge in [0.1, 0.15) is 0 Å². The number of carbonyl (C=O) groups is 1. The third-order valence-corrected chi connectivity index (χ3v) is 2.42. The number of H-pyrrole nitrogens is 1. The summed E-state index contributed by atoms with van der Waals surface area (Å²) in [6, 6.07) is 0. The number of hydrogen-bond donors (Lipinski definition) is 2. The Morgan fingerprint density at radius 1 is 1.47 bits per heavy atom. The number of rotatable bonds is 1. The molecule has 0 aliphatic carbocycles. The number of aromatic nitrogens is 2. The van der Waals surface area contributed by atoms with E-state index in [1.807, 2.05) is 0 Å². The van der Waals surface area contributed by atoms with Gasteiger partial charge < -0.3 is 10.2 Å². The molecule has 0 radical (unpaired) electrons. The maximum atomic E-state index is 11.7. The van der Waals surface area contributed by atoms with Gasteiger partial charge in [0.15, 0.2) is 5.69 Å². The van der Waals surface area contributed by atoms with Crippen LogP contribution < -0.4 is 5.32 Å². The molecule has 0 aromatic carbocycles. The lowest BCUT2D eigenvalue weighted by molar-refractivity contribution is 0.0820. The fourth-order valence-corrected chi connectivity index (χ4v) is 1.61. The van der Waals surface area contributed by atoms with E-state index in [2.05, 4.69) is 15.5 Å². The average molecular weight is 231 g/mol. The summed E-state index contributed by atoms with van der Waals surface area (Å²) < 4.78 is 0. The first-order valence-electron chi connectivity index (χ1n) is 4.68. The van der Waals surface area contributed by atoms with Crippen LogP contribution in [0.4, 0.5) is 0 Å². The van der Waals surface area contributed by atoms with Crippen molar-refractivity contribution in [1.29, 1.82) is 0 Å². The predicted octanol–water partition coefficient (Wildman–Crippen LogP) is 0.179. The lowest BCUT2D eigenvalue weighted by Gasteiger charge is -2.14. The van der Waals surface area contributed by atoms with Gasteiger partial charge in [-0.15, -0.1) is 12.4 Å². The summed E-state index contributed by atoms with van der Waals surface area (Å²) in [4.78, 5) is 13.2. The maximum Gasteiger partial charge on any atom is 0.274 e. The molecule has 0 unspecified atom stereocenters. The molecule has 0 bridgehead atoms. The Hall–Kier alpha value is -1.07. The van der Waals surface area contributed by atoms with Crippen molar-refractivity contribution >= 4 is 18.3 Å². The summed E-state index contributed by atoms with van der Waals surface area (Å²) in [5.41, 5.74) is 2.67. The Kier molecular flexibility index (Phi) is 3.71. The van der Waals surface area contributed by atoms with Crippen molar-refractivity contribution in [1.82, 2.24) is 20.4 Å². The first kappa shape index (κ1) is 12.0. The molecule has 2 N–H and O–H groups in total. The van der Waals surface area contributed by atoms with Crippen LogP contribution in [0, 0.1) is 0 Å². The molecule has 1 amide bonds. The highest BCUT2D eigenvalue weighted by atomic mass is 35.5. The van der Waals surface area contributed by atoms with Crippen LogP contribution in [0.5, 0.6) is 0 Å². The minimum absolute atomic E-state index is 0. The van der Waals surface area contributed by atoms with Crippen LogP contribution in [-0.4, -0.2) is 41.6 Å². The van der Waals surface area contributed by atoms with Gasteiger partial charge in [-0.25, -0.2) is 0 Å². The molecular formula is C9H15ClN4O. The maximum absolute atomic E-state index is 11.7. The van der Waals surface area contributed by atoms with Crippen molar-refractivity contribution in [3.05, 3.63) is 17.0 Å². The zero-order valence-corrected chi connectivity index (χ0v) is 9.65. The van der Waals surface area contributed by atoms with Crippen molar-refractivity contribution in [2.75, 3.05) is 20.6 Å². The molecule has 15 heavy (non-hydrogen) atoms. The molecule has 0 atom stereocenters. The van der Waals surface area contributed by atoms with E-state index in [4.69, 9.17) is 0 Å². The standard InChI is InChI=1S/C9H14N4O.ClH/c1-13(2)9(14)8-6-5-10-4-3-7(6)11-12-8;/h10H,3-5H2,1-2H3,(H,11,12);1H.